The van der Waals surface area contributed by atoms with Crippen LogP contribution in [0.3, 0.4) is 0 Å². The molecule has 0 aliphatic carbocycles. The van der Waals surface area contributed by atoms with Crippen molar-refractivity contribution in [1.82, 2.24) is 0 Å². The van der Waals surface area contributed by atoms with Crippen molar-refractivity contribution in [2.24, 2.45) is 5.92 Å². The predicted octanol–water partition coefficient (Wildman–Crippen LogP) is 2.44. The van der Waals surface area contributed by atoms with Gasteiger partial charge in [-0.05, 0) is 13.3 Å². The van der Waals surface area contributed by atoms with Crippen molar-refractivity contribution in [1.29, 1.82) is 0 Å². The Kier molecular flexibility index (Phi) is 7.99. The minimum Gasteiger partial charge on any atom is -0.481 e. The number of hydrogen-bond donors (Lipinski definition) is 1. The Morgan fingerprint density at radius 1 is 1.38 bits per heavy atom. The van der Waals surface area contributed by atoms with E-state index < -0.39 is 23.2 Å². The third kappa shape index (κ3) is 5.95. The highest BCUT2D eigenvalue weighted by atomic mass is 35.5. The molecule has 0 spiro atoms. The molecule has 4 nitrogen and oxygen atoms in total. The molecule has 0 aromatic heterocycles. The van der Waals surface area contributed by atoms with Gasteiger partial charge in [0.05, 0.1) is 18.9 Å². The third-order valence-corrected chi connectivity index (χ3v) is 2.78. The summed E-state index contributed by atoms with van der Waals surface area (Å²) in [6.07, 6.45) is 2.21. The molecule has 0 rings (SSSR count). The highest BCUT2D eigenvalue weighted by Crippen LogP contribution is 2.22. The lowest BCUT2D eigenvalue weighted by molar-refractivity contribution is -0.152. The maximum absolute atomic E-state index is 11.5. The van der Waals surface area contributed by atoms with Gasteiger partial charge >= 0.3 is 11.9 Å². The maximum atomic E-state index is 11.5. The number of hydrogen-bond acceptors (Lipinski definition) is 3. The van der Waals surface area contributed by atoms with Crippen LogP contribution in [0.25, 0.3) is 0 Å². The van der Waals surface area contributed by atoms with E-state index in [1.54, 1.807) is 6.92 Å². The Morgan fingerprint density at radius 2 is 2.00 bits per heavy atom. The second kappa shape index (κ2) is 8.39. The first-order valence-corrected chi connectivity index (χ1v) is 5.99. The lowest BCUT2D eigenvalue weighted by Crippen LogP contribution is -2.29. The first-order chi connectivity index (χ1) is 7.52. The number of carbonyl (C=O) groups excluding carboxylic acids is 1. The number of halogens is 1. The second-order valence-electron chi connectivity index (χ2n) is 3.61. The van der Waals surface area contributed by atoms with Gasteiger partial charge in [-0.15, -0.1) is 11.6 Å². The molecule has 0 saturated carbocycles. The van der Waals surface area contributed by atoms with Gasteiger partial charge in [-0.1, -0.05) is 19.8 Å². The Balaban J connectivity index is 4.39. The number of carboxylic acids is 1. The number of carboxylic acid groups (broad SMARTS) is 1. The molecule has 0 bridgehead atoms. The van der Waals surface area contributed by atoms with Crippen LogP contribution in [0.4, 0.5) is 0 Å². The van der Waals surface area contributed by atoms with Gasteiger partial charge in [-0.3, -0.25) is 9.59 Å². The molecule has 5 heteroatoms. The van der Waals surface area contributed by atoms with Gasteiger partial charge in [0.1, 0.15) is 0 Å². The number of carbonyl (C=O) groups is 2. The molecule has 0 aromatic carbocycles. The molecule has 0 radical (unpaired) electrons. The van der Waals surface area contributed by atoms with Crippen molar-refractivity contribution in [2.75, 3.05) is 6.61 Å². The van der Waals surface area contributed by atoms with E-state index in [0.29, 0.717) is 6.42 Å². The van der Waals surface area contributed by atoms with Crippen LogP contribution in [0.1, 0.15) is 39.5 Å². The quantitative estimate of drug-likeness (QED) is 0.531. The number of ether oxygens (including phenoxy) is 1. The summed E-state index contributed by atoms with van der Waals surface area (Å²) in [6.45, 7) is 3.94. The zero-order valence-electron chi connectivity index (χ0n) is 9.74. The normalized spacial score (nSPS) is 14.2. The molecule has 0 fully saturated rings. The SMILES string of the molecule is CCCCC(Cl)C(CC(=O)O)C(=O)OCC. The summed E-state index contributed by atoms with van der Waals surface area (Å²) in [6, 6.07) is 0. The van der Waals surface area contributed by atoms with E-state index in [2.05, 4.69) is 0 Å². The molecular weight excluding hydrogens is 232 g/mol. The van der Waals surface area contributed by atoms with E-state index in [4.69, 9.17) is 21.4 Å². The fraction of sp³-hybridized carbons (Fsp3) is 0.818. The Labute approximate surface area is 101 Å². The Bertz CT molecular complexity index is 230. The molecule has 0 saturated heterocycles. The number of unbranched alkanes of at least 4 members (excludes halogenated alkanes) is 1. The zero-order valence-corrected chi connectivity index (χ0v) is 10.5. The molecule has 0 amide bonds. The van der Waals surface area contributed by atoms with Crippen LogP contribution in [0.2, 0.25) is 0 Å². The molecule has 0 aliphatic rings. The Hall–Kier alpha value is -0.770. The van der Waals surface area contributed by atoms with Crippen LogP contribution in [-0.2, 0) is 14.3 Å². The van der Waals surface area contributed by atoms with Gasteiger partial charge in [0.15, 0.2) is 0 Å². The standard InChI is InChI=1S/C11H19ClO4/c1-3-5-6-9(12)8(7-10(13)14)11(15)16-4-2/h8-9H,3-7H2,1-2H3,(H,13,14). The van der Waals surface area contributed by atoms with Crippen LogP contribution >= 0.6 is 11.6 Å². The highest BCUT2D eigenvalue weighted by molar-refractivity contribution is 6.22. The van der Waals surface area contributed by atoms with Crippen molar-refractivity contribution < 1.29 is 19.4 Å². The average molecular weight is 251 g/mol. The van der Waals surface area contributed by atoms with Crippen LogP contribution in [0.15, 0.2) is 0 Å². The zero-order chi connectivity index (χ0) is 12.6. The van der Waals surface area contributed by atoms with Crippen molar-refractivity contribution >= 4 is 23.5 Å². The first kappa shape index (κ1) is 15.2. The van der Waals surface area contributed by atoms with E-state index >= 15 is 0 Å². The summed E-state index contributed by atoms with van der Waals surface area (Å²) in [5, 5.41) is 8.25. The fourth-order valence-electron chi connectivity index (χ4n) is 1.40. The van der Waals surface area contributed by atoms with Crippen molar-refractivity contribution in [3.05, 3.63) is 0 Å². The summed E-state index contributed by atoms with van der Waals surface area (Å²) in [5.41, 5.74) is 0. The number of esters is 1. The van der Waals surface area contributed by atoms with Crippen molar-refractivity contribution in [2.45, 2.75) is 44.9 Å². The average Bonchev–Trinajstić information content (AvgIpc) is 2.22. The fourth-order valence-corrected chi connectivity index (χ4v) is 1.74. The molecule has 2 unspecified atom stereocenters. The molecule has 16 heavy (non-hydrogen) atoms. The number of alkyl halides is 1. The second-order valence-corrected chi connectivity index (χ2v) is 4.18. The van der Waals surface area contributed by atoms with Gasteiger partial charge in [-0.2, -0.15) is 0 Å². The monoisotopic (exact) mass is 250 g/mol. The van der Waals surface area contributed by atoms with Crippen LogP contribution in [0, 0.1) is 5.92 Å². The van der Waals surface area contributed by atoms with Crippen LogP contribution < -0.4 is 0 Å². The van der Waals surface area contributed by atoms with Crippen LogP contribution in [-0.4, -0.2) is 29.0 Å². The number of rotatable bonds is 8. The van der Waals surface area contributed by atoms with Gasteiger partial charge in [0.25, 0.3) is 0 Å². The lowest BCUT2D eigenvalue weighted by Gasteiger charge is -2.18. The predicted molar refractivity (Wildman–Crippen MR) is 61.5 cm³/mol. The molecule has 2 atom stereocenters. The van der Waals surface area contributed by atoms with E-state index in [0.717, 1.165) is 12.8 Å². The minimum absolute atomic E-state index is 0.242. The van der Waals surface area contributed by atoms with Crippen molar-refractivity contribution in [3.8, 4) is 0 Å². The van der Waals surface area contributed by atoms with E-state index in [1.165, 1.54) is 0 Å². The summed E-state index contributed by atoms with van der Waals surface area (Å²) in [4.78, 5) is 22.1. The molecule has 0 aromatic rings. The number of aliphatic carboxylic acids is 1. The van der Waals surface area contributed by atoms with E-state index in [-0.39, 0.29) is 13.0 Å². The first-order valence-electron chi connectivity index (χ1n) is 5.55. The lowest BCUT2D eigenvalue weighted by atomic mass is 9.97. The summed E-state index contributed by atoms with van der Waals surface area (Å²) >= 11 is 6.04. The Morgan fingerprint density at radius 3 is 2.44 bits per heavy atom. The molecular formula is C11H19ClO4. The summed E-state index contributed by atoms with van der Waals surface area (Å²) < 4.78 is 4.82. The highest BCUT2D eigenvalue weighted by Gasteiger charge is 2.29. The van der Waals surface area contributed by atoms with E-state index in [1.807, 2.05) is 6.92 Å². The molecule has 94 valence electrons. The molecule has 0 heterocycles. The molecule has 1 N–H and O–H groups in total. The maximum Gasteiger partial charge on any atom is 0.311 e. The minimum atomic E-state index is -1.03. The topological polar surface area (TPSA) is 63.6 Å². The van der Waals surface area contributed by atoms with Gasteiger partial charge < -0.3 is 9.84 Å². The van der Waals surface area contributed by atoms with Gasteiger partial charge in [-0.25, -0.2) is 0 Å². The van der Waals surface area contributed by atoms with Crippen LogP contribution in [0.5, 0.6) is 0 Å². The smallest absolute Gasteiger partial charge is 0.311 e. The van der Waals surface area contributed by atoms with Gasteiger partial charge in [0.2, 0.25) is 0 Å². The van der Waals surface area contributed by atoms with Crippen molar-refractivity contribution in [3.63, 3.8) is 0 Å². The summed E-state index contributed by atoms with van der Waals surface area (Å²) in [7, 11) is 0. The largest absolute Gasteiger partial charge is 0.481 e. The van der Waals surface area contributed by atoms with Gasteiger partial charge in [0, 0.05) is 5.38 Å². The molecule has 0 aliphatic heterocycles. The van der Waals surface area contributed by atoms with E-state index in [9.17, 15) is 9.59 Å². The summed E-state index contributed by atoms with van der Waals surface area (Å²) in [5.74, 6) is -2.29. The third-order valence-electron chi connectivity index (χ3n) is 2.25.